The Morgan fingerprint density at radius 3 is 3.04 bits per heavy atom. The Bertz CT molecular complexity index is 894. The highest BCUT2D eigenvalue weighted by Gasteiger charge is 2.16. The summed E-state index contributed by atoms with van der Waals surface area (Å²) in [5.74, 6) is 0.963. The van der Waals surface area contributed by atoms with Gasteiger partial charge in [0.1, 0.15) is 5.75 Å². The van der Waals surface area contributed by atoms with Gasteiger partial charge >= 0.3 is 0 Å². The topological polar surface area (TPSA) is 37.0 Å². The van der Waals surface area contributed by atoms with E-state index in [1.807, 2.05) is 24.3 Å². The number of ether oxygens (including phenoxy) is 1. The SMILES string of the molecule is CCOc1ccc2[nH]cc(CCCCC3CC(c4cccs4)=CCN3)c2c1. The molecule has 0 radical (unpaired) electrons. The van der Waals surface area contributed by atoms with Crippen molar-refractivity contribution in [2.45, 2.75) is 45.1 Å². The molecule has 1 aliphatic heterocycles. The molecular weight excluding hydrogens is 352 g/mol. The molecule has 2 N–H and O–H groups in total. The summed E-state index contributed by atoms with van der Waals surface area (Å²) in [6.45, 7) is 3.74. The van der Waals surface area contributed by atoms with Crippen molar-refractivity contribution in [3.05, 3.63) is 58.4 Å². The van der Waals surface area contributed by atoms with Gasteiger partial charge < -0.3 is 15.0 Å². The average molecular weight is 381 g/mol. The lowest BCUT2D eigenvalue weighted by atomic mass is 9.95. The Morgan fingerprint density at radius 2 is 2.19 bits per heavy atom. The fraction of sp³-hybridized carbons (Fsp3) is 0.391. The van der Waals surface area contributed by atoms with Gasteiger partial charge in [-0.05, 0) is 73.4 Å². The van der Waals surface area contributed by atoms with Crippen molar-refractivity contribution >= 4 is 27.8 Å². The number of thiophene rings is 1. The molecule has 4 rings (SSSR count). The van der Waals surface area contributed by atoms with Crippen molar-refractivity contribution in [2.24, 2.45) is 0 Å². The standard InChI is InChI=1S/C23H28N2OS/c1-2-26-20-9-10-22-21(15-20)18(16-25-22)6-3-4-7-19-14-17(11-12-24-19)23-8-5-13-27-23/h5,8-11,13,15-16,19,24-25H,2-4,6-7,12,14H2,1H3. The third-order valence-electron chi connectivity index (χ3n) is 5.36. The maximum Gasteiger partial charge on any atom is 0.120 e. The molecule has 1 aliphatic rings. The lowest BCUT2D eigenvalue weighted by molar-refractivity contribution is 0.340. The summed E-state index contributed by atoms with van der Waals surface area (Å²) < 4.78 is 5.66. The van der Waals surface area contributed by atoms with Gasteiger partial charge in [-0.15, -0.1) is 11.3 Å². The number of nitrogens with one attached hydrogen (secondary N) is 2. The summed E-state index contributed by atoms with van der Waals surface area (Å²) in [5.41, 5.74) is 4.13. The highest BCUT2D eigenvalue weighted by Crippen LogP contribution is 2.28. The highest BCUT2D eigenvalue weighted by atomic mass is 32.1. The van der Waals surface area contributed by atoms with Gasteiger partial charge in [0, 0.05) is 34.6 Å². The molecule has 0 spiro atoms. The van der Waals surface area contributed by atoms with Crippen molar-refractivity contribution in [3.8, 4) is 5.75 Å². The summed E-state index contributed by atoms with van der Waals surface area (Å²) in [6, 6.07) is 11.3. The molecule has 0 saturated heterocycles. The first kappa shape index (κ1) is 18.3. The van der Waals surface area contributed by atoms with Crippen molar-refractivity contribution in [1.82, 2.24) is 10.3 Å². The van der Waals surface area contributed by atoms with E-state index in [-0.39, 0.29) is 0 Å². The average Bonchev–Trinajstić information content (AvgIpc) is 3.36. The number of hydrogen-bond donors (Lipinski definition) is 2. The summed E-state index contributed by atoms with van der Waals surface area (Å²) >= 11 is 1.85. The fourth-order valence-corrected chi connectivity index (χ4v) is 4.74. The smallest absolute Gasteiger partial charge is 0.120 e. The Hall–Kier alpha value is -2.04. The van der Waals surface area contributed by atoms with Crippen LogP contribution in [0.1, 0.15) is 43.0 Å². The number of fused-ring (bicyclic) bond motifs is 1. The third-order valence-corrected chi connectivity index (χ3v) is 6.30. The Kier molecular flexibility index (Phi) is 5.95. The van der Waals surface area contributed by atoms with E-state index in [0.717, 1.165) is 25.1 Å². The zero-order valence-corrected chi connectivity index (χ0v) is 16.8. The zero-order chi connectivity index (χ0) is 18.5. The van der Waals surface area contributed by atoms with Crippen LogP contribution in [0.25, 0.3) is 16.5 Å². The van der Waals surface area contributed by atoms with Crippen molar-refractivity contribution in [3.63, 3.8) is 0 Å². The normalized spacial score (nSPS) is 17.2. The second kappa shape index (κ2) is 8.77. The Labute approximate surface area is 165 Å². The molecule has 0 aliphatic carbocycles. The van der Waals surface area contributed by atoms with Crippen molar-refractivity contribution < 1.29 is 4.74 Å². The second-order valence-electron chi connectivity index (χ2n) is 7.22. The van der Waals surface area contributed by atoms with Crippen LogP contribution in [0.4, 0.5) is 0 Å². The number of hydrogen-bond acceptors (Lipinski definition) is 3. The number of rotatable bonds is 8. The minimum absolute atomic E-state index is 0.611. The molecule has 0 saturated carbocycles. The fourth-order valence-electron chi connectivity index (χ4n) is 3.96. The number of aryl methyl sites for hydroxylation is 1. The number of aromatic nitrogens is 1. The van der Waals surface area contributed by atoms with Crippen molar-refractivity contribution in [1.29, 1.82) is 0 Å². The molecule has 0 fully saturated rings. The first-order valence-corrected chi connectivity index (χ1v) is 10.9. The minimum Gasteiger partial charge on any atom is -0.494 e. The van der Waals surface area contributed by atoms with Gasteiger partial charge in [-0.1, -0.05) is 18.6 Å². The van der Waals surface area contributed by atoms with Gasteiger partial charge in [0.15, 0.2) is 0 Å². The van der Waals surface area contributed by atoms with Gasteiger partial charge in [0.25, 0.3) is 0 Å². The van der Waals surface area contributed by atoms with Crippen LogP contribution in [0, 0.1) is 0 Å². The molecule has 2 aromatic heterocycles. The van der Waals surface area contributed by atoms with Gasteiger partial charge in [-0.3, -0.25) is 0 Å². The maximum absolute atomic E-state index is 5.66. The number of benzene rings is 1. The molecular formula is C23H28N2OS. The van der Waals surface area contributed by atoms with Crippen LogP contribution in [0.15, 0.2) is 48.0 Å². The molecule has 0 amide bonds. The molecule has 3 heterocycles. The zero-order valence-electron chi connectivity index (χ0n) is 16.0. The Balaban J connectivity index is 1.28. The lowest BCUT2D eigenvalue weighted by Crippen LogP contribution is -2.32. The van der Waals surface area contributed by atoms with Gasteiger partial charge in [0.2, 0.25) is 0 Å². The monoisotopic (exact) mass is 380 g/mol. The summed E-state index contributed by atoms with van der Waals surface area (Å²) in [5, 5.41) is 7.14. The minimum atomic E-state index is 0.611. The second-order valence-corrected chi connectivity index (χ2v) is 8.16. The number of aromatic amines is 1. The molecule has 0 bridgehead atoms. The van der Waals surface area contributed by atoms with Crippen LogP contribution < -0.4 is 10.1 Å². The van der Waals surface area contributed by atoms with E-state index in [2.05, 4.69) is 52.2 Å². The maximum atomic E-state index is 5.66. The van der Waals surface area contributed by atoms with Crippen LogP contribution in [0.5, 0.6) is 5.75 Å². The van der Waals surface area contributed by atoms with E-state index in [0.29, 0.717) is 12.6 Å². The van der Waals surface area contributed by atoms with Gasteiger partial charge in [-0.25, -0.2) is 0 Å². The predicted octanol–water partition coefficient (Wildman–Crippen LogP) is 5.79. The van der Waals surface area contributed by atoms with E-state index in [9.17, 15) is 0 Å². The summed E-state index contributed by atoms with van der Waals surface area (Å²) in [6.07, 6.45) is 10.5. The number of unbranched alkanes of at least 4 members (excludes halogenated alkanes) is 1. The first-order valence-electron chi connectivity index (χ1n) is 10.0. The molecule has 3 nitrogen and oxygen atoms in total. The molecule has 4 heteroatoms. The highest BCUT2D eigenvalue weighted by molar-refractivity contribution is 7.11. The molecule has 1 atom stereocenters. The van der Waals surface area contributed by atoms with Crippen molar-refractivity contribution in [2.75, 3.05) is 13.2 Å². The van der Waals surface area contributed by atoms with E-state index >= 15 is 0 Å². The van der Waals surface area contributed by atoms with E-state index in [1.54, 1.807) is 0 Å². The van der Waals surface area contributed by atoms with Gasteiger partial charge in [-0.2, -0.15) is 0 Å². The number of H-pyrrole nitrogens is 1. The first-order chi connectivity index (χ1) is 13.3. The van der Waals surface area contributed by atoms with Crippen LogP contribution in [-0.4, -0.2) is 24.2 Å². The van der Waals surface area contributed by atoms with Crippen LogP contribution in [0.3, 0.4) is 0 Å². The van der Waals surface area contributed by atoms with Crippen LogP contribution in [-0.2, 0) is 6.42 Å². The third kappa shape index (κ3) is 4.45. The van der Waals surface area contributed by atoms with Crippen LogP contribution >= 0.6 is 11.3 Å². The summed E-state index contributed by atoms with van der Waals surface area (Å²) in [4.78, 5) is 4.83. The van der Waals surface area contributed by atoms with Crippen LogP contribution in [0.2, 0.25) is 0 Å². The van der Waals surface area contributed by atoms with E-state index in [4.69, 9.17) is 4.74 Å². The van der Waals surface area contributed by atoms with E-state index < -0.39 is 0 Å². The molecule has 142 valence electrons. The molecule has 1 unspecified atom stereocenters. The largest absolute Gasteiger partial charge is 0.494 e. The molecule has 3 aromatic rings. The Morgan fingerprint density at radius 1 is 1.22 bits per heavy atom. The molecule has 1 aromatic carbocycles. The summed E-state index contributed by atoms with van der Waals surface area (Å²) in [7, 11) is 0. The van der Waals surface area contributed by atoms with Gasteiger partial charge in [0.05, 0.1) is 6.61 Å². The molecule has 27 heavy (non-hydrogen) atoms. The van der Waals surface area contributed by atoms with E-state index in [1.165, 1.54) is 46.2 Å². The quantitative estimate of drug-likeness (QED) is 0.486. The lowest BCUT2D eigenvalue weighted by Gasteiger charge is -2.24. The predicted molar refractivity (Wildman–Crippen MR) is 116 cm³/mol.